The van der Waals surface area contributed by atoms with Crippen molar-refractivity contribution in [3.8, 4) is 0 Å². The first kappa shape index (κ1) is 11.5. The van der Waals surface area contributed by atoms with Gasteiger partial charge in [-0.05, 0) is 20.8 Å². The van der Waals surface area contributed by atoms with E-state index in [-0.39, 0.29) is 11.4 Å². The van der Waals surface area contributed by atoms with Crippen molar-refractivity contribution in [1.82, 2.24) is 0 Å². The molecule has 2 nitrogen and oxygen atoms in total. The Hall–Kier alpha value is -0.530. The summed E-state index contributed by atoms with van der Waals surface area (Å²) in [4.78, 5) is 11.3. The van der Waals surface area contributed by atoms with Gasteiger partial charge in [-0.3, -0.25) is 4.79 Å². The summed E-state index contributed by atoms with van der Waals surface area (Å²) in [6.45, 7) is 13.1. The molecule has 2 heteroatoms. The van der Waals surface area contributed by atoms with Crippen LogP contribution in [0.25, 0.3) is 0 Å². The average molecular weight is 171 g/mol. The van der Waals surface area contributed by atoms with Crippen LogP contribution < -0.4 is 0 Å². The highest BCUT2D eigenvalue weighted by Crippen LogP contribution is 2.22. The van der Waals surface area contributed by atoms with E-state index in [2.05, 4.69) is 0 Å². The fraction of sp³-hybridized carbons (Fsp3) is 0.800. The predicted molar refractivity (Wildman–Crippen MR) is 49.3 cm³/mol. The molecule has 0 aliphatic heterocycles. The zero-order valence-corrected chi connectivity index (χ0v) is 8.89. The Morgan fingerprint density at radius 3 is 1.75 bits per heavy atom. The van der Waals surface area contributed by atoms with Crippen LogP contribution in [0, 0.1) is 17.4 Å². The summed E-state index contributed by atoms with van der Waals surface area (Å²) >= 11 is 0. The number of esters is 1. The molecule has 0 aromatic carbocycles. The molecule has 12 heavy (non-hydrogen) atoms. The van der Waals surface area contributed by atoms with Crippen LogP contribution in [0.4, 0.5) is 0 Å². The highest BCUT2D eigenvalue weighted by atomic mass is 16.5. The molecular formula is C10H19O2. The van der Waals surface area contributed by atoms with Gasteiger partial charge in [-0.15, -0.1) is 0 Å². The number of rotatable bonds is 1. The van der Waals surface area contributed by atoms with Gasteiger partial charge in [0.25, 0.3) is 0 Å². The van der Waals surface area contributed by atoms with Crippen molar-refractivity contribution < 1.29 is 9.53 Å². The third kappa shape index (κ3) is 5.16. The zero-order chi connectivity index (χ0) is 9.99. The molecule has 0 N–H and O–H groups in total. The monoisotopic (exact) mass is 171 g/mol. The van der Waals surface area contributed by atoms with Gasteiger partial charge in [0.15, 0.2) is 0 Å². The standard InChI is InChI=1S/C10H19O2/c1-9(2,3)7-12-8(11)10(4,5)6/h7H,1-6H3. The highest BCUT2D eigenvalue weighted by Gasteiger charge is 2.25. The van der Waals surface area contributed by atoms with Gasteiger partial charge in [-0.1, -0.05) is 20.8 Å². The minimum absolute atomic E-state index is 0.0685. The van der Waals surface area contributed by atoms with E-state index in [0.717, 1.165) is 0 Å². The first-order valence-electron chi connectivity index (χ1n) is 4.18. The third-order valence-electron chi connectivity index (χ3n) is 1.13. The molecule has 0 atom stereocenters. The number of ether oxygens (including phenoxy) is 1. The van der Waals surface area contributed by atoms with Crippen LogP contribution in [0.15, 0.2) is 0 Å². The summed E-state index contributed by atoms with van der Waals surface area (Å²) in [6.07, 6.45) is 0. The summed E-state index contributed by atoms with van der Waals surface area (Å²) in [5, 5.41) is 0. The molecule has 0 fully saturated rings. The lowest BCUT2D eigenvalue weighted by atomic mass is 9.96. The van der Waals surface area contributed by atoms with Crippen LogP contribution in [0.1, 0.15) is 41.5 Å². The normalized spacial score (nSPS) is 12.8. The second-order valence-corrected chi connectivity index (χ2v) is 5.14. The average Bonchev–Trinajstić information content (AvgIpc) is 1.78. The molecule has 0 aliphatic rings. The van der Waals surface area contributed by atoms with E-state index in [4.69, 9.17) is 4.74 Å². The van der Waals surface area contributed by atoms with Gasteiger partial charge in [0, 0.05) is 5.41 Å². The first-order valence-corrected chi connectivity index (χ1v) is 4.18. The third-order valence-corrected chi connectivity index (χ3v) is 1.13. The Bertz CT molecular complexity index is 158. The lowest BCUT2D eigenvalue weighted by Crippen LogP contribution is -2.24. The van der Waals surface area contributed by atoms with E-state index in [1.807, 2.05) is 41.5 Å². The second-order valence-electron chi connectivity index (χ2n) is 5.14. The maximum absolute atomic E-state index is 11.3. The lowest BCUT2D eigenvalue weighted by Gasteiger charge is -2.21. The van der Waals surface area contributed by atoms with Crippen molar-refractivity contribution in [2.45, 2.75) is 41.5 Å². The Balaban J connectivity index is 3.90. The molecule has 0 bridgehead atoms. The Morgan fingerprint density at radius 2 is 1.50 bits per heavy atom. The van der Waals surface area contributed by atoms with Crippen molar-refractivity contribution in [2.24, 2.45) is 10.8 Å². The SMILES string of the molecule is CC(C)(C)[CH]OC(=O)C(C)(C)C. The fourth-order valence-electron chi connectivity index (χ4n) is 0.407. The van der Waals surface area contributed by atoms with Crippen LogP contribution in [0.5, 0.6) is 0 Å². The largest absolute Gasteiger partial charge is 0.457 e. The quantitative estimate of drug-likeness (QED) is 0.567. The minimum atomic E-state index is -0.415. The number of carbonyl (C=O) groups excluding carboxylic acids is 1. The predicted octanol–water partition coefficient (Wildman–Crippen LogP) is 2.78. The van der Waals surface area contributed by atoms with E-state index < -0.39 is 5.41 Å². The Kier molecular flexibility index (Phi) is 3.31. The Labute approximate surface area is 75.3 Å². The van der Waals surface area contributed by atoms with Crippen molar-refractivity contribution in [3.05, 3.63) is 6.61 Å². The molecular weight excluding hydrogens is 152 g/mol. The van der Waals surface area contributed by atoms with Gasteiger partial charge in [0.2, 0.25) is 0 Å². The van der Waals surface area contributed by atoms with Crippen molar-refractivity contribution in [2.75, 3.05) is 0 Å². The number of hydrogen-bond donors (Lipinski definition) is 0. The van der Waals surface area contributed by atoms with Crippen molar-refractivity contribution in [3.63, 3.8) is 0 Å². The molecule has 0 unspecified atom stereocenters. The summed E-state index contributed by atoms with van der Waals surface area (Å²) in [7, 11) is 0. The van der Waals surface area contributed by atoms with Gasteiger partial charge in [0.05, 0.1) is 5.41 Å². The maximum Gasteiger partial charge on any atom is 0.311 e. The zero-order valence-electron chi connectivity index (χ0n) is 8.89. The van der Waals surface area contributed by atoms with Crippen LogP contribution in [0.3, 0.4) is 0 Å². The van der Waals surface area contributed by atoms with Crippen molar-refractivity contribution in [1.29, 1.82) is 0 Å². The summed E-state index contributed by atoms with van der Waals surface area (Å²) in [6, 6.07) is 0. The van der Waals surface area contributed by atoms with Gasteiger partial charge < -0.3 is 4.74 Å². The minimum Gasteiger partial charge on any atom is -0.457 e. The van der Waals surface area contributed by atoms with E-state index in [0.29, 0.717) is 0 Å². The smallest absolute Gasteiger partial charge is 0.311 e. The molecule has 0 amide bonds. The van der Waals surface area contributed by atoms with Gasteiger partial charge in [-0.25, -0.2) is 0 Å². The molecule has 1 radical (unpaired) electrons. The van der Waals surface area contributed by atoms with Crippen LogP contribution in [-0.4, -0.2) is 5.97 Å². The van der Waals surface area contributed by atoms with Crippen LogP contribution in [0.2, 0.25) is 0 Å². The van der Waals surface area contributed by atoms with Crippen LogP contribution in [-0.2, 0) is 9.53 Å². The van der Waals surface area contributed by atoms with Crippen LogP contribution >= 0.6 is 0 Å². The molecule has 0 aromatic heterocycles. The number of hydrogen-bond acceptors (Lipinski definition) is 2. The van der Waals surface area contributed by atoms with Gasteiger partial charge in [-0.2, -0.15) is 0 Å². The molecule has 0 saturated heterocycles. The maximum atomic E-state index is 11.3. The summed E-state index contributed by atoms with van der Waals surface area (Å²) in [5.41, 5.74) is -0.483. The first-order chi connectivity index (χ1) is 5.13. The van der Waals surface area contributed by atoms with Gasteiger partial charge in [0.1, 0.15) is 6.61 Å². The second kappa shape index (κ2) is 3.46. The van der Waals surface area contributed by atoms with E-state index in [1.165, 1.54) is 0 Å². The Morgan fingerprint density at radius 1 is 1.08 bits per heavy atom. The molecule has 0 aliphatic carbocycles. The van der Waals surface area contributed by atoms with E-state index >= 15 is 0 Å². The summed E-state index contributed by atoms with van der Waals surface area (Å²) in [5.74, 6) is -0.183. The molecule has 0 aromatic rings. The lowest BCUT2D eigenvalue weighted by molar-refractivity contribution is -0.150. The molecule has 0 heterocycles. The topological polar surface area (TPSA) is 26.3 Å². The van der Waals surface area contributed by atoms with Gasteiger partial charge >= 0.3 is 5.97 Å². The molecule has 0 rings (SSSR count). The van der Waals surface area contributed by atoms with E-state index in [9.17, 15) is 4.79 Å². The molecule has 0 spiro atoms. The molecule has 0 saturated carbocycles. The van der Waals surface area contributed by atoms with Crippen molar-refractivity contribution >= 4 is 5.97 Å². The molecule has 71 valence electrons. The number of carbonyl (C=O) groups is 1. The highest BCUT2D eigenvalue weighted by molar-refractivity contribution is 5.75. The fourth-order valence-corrected chi connectivity index (χ4v) is 0.407. The van der Waals surface area contributed by atoms with E-state index in [1.54, 1.807) is 6.61 Å². The summed E-state index contributed by atoms with van der Waals surface area (Å²) < 4.78 is 5.01.